The monoisotopic (exact) mass is 880 g/mol. The van der Waals surface area contributed by atoms with Gasteiger partial charge in [0.05, 0.1) is 16.6 Å². The molecular formula is C62H44N2S2. The van der Waals surface area contributed by atoms with Crippen molar-refractivity contribution < 1.29 is 0 Å². The second-order valence-corrected chi connectivity index (χ2v) is 20.9. The second kappa shape index (κ2) is 14.4. The maximum Gasteiger partial charge on any atom is 0.0541 e. The van der Waals surface area contributed by atoms with Gasteiger partial charge in [-0.15, -0.1) is 22.7 Å². The second-order valence-electron chi connectivity index (χ2n) is 18.8. The van der Waals surface area contributed by atoms with Crippen molar-refractivity contribution in [3.63, 3.8) is 0 Å². The first-order valence-corrected chi connectivity index (χ1v) is 24.8. The van der Waals surface area contributed by atoms with Crippen molar-refractivity contribution >= 4 is 107 Å². The molecule has 0 spiro atoms. The molecule has 0 fully saturated rings. The Morgan fingerprint density at radius 1 is 0.515 bits per heavy atom. The molecule has 2 aliphatic rings. The molecular weight excluding hydrogens is 837 g/mol. The van der Waals surface area contributed by atoms with Crippen molar-refractivity contribution in [1.29, 1.82) is 0 Å². The SMILES string of the molecule is CC1C=Cc2c(n(-c3ccc4sc5c(-c6cccc(C7=CC(C)(c8cccc9c8sc8ccc(-n%10c%11ccccc%11c%11ccccc%11%10)cc89)CC=C7)c6)cccc5c4c3)c3ccccc23)C1. The highest BCUT2D eigenvalue weighted by atomic mass is 32.1. The number of hydrogen-bond acceptors (Lipinski definition) is 2. The zero-order chi connectivity index (χ0) is 43.7. The standard InChI is InChI=1S/C62H44N2S2/c1-38-26-29-48-47-18-5-8-25-56(47)64(57(48)33-38)43-28-30-58-51(36-43)49-20-10-19-44(60(49)65-58)40-14-9-13-39(34-40)41-15-12-32-62(2,37-41)53-22-11-21-50-52-35-42(27-31-59(52)66-61(50)53)63-54-23-6-3-16-45(54)46-17-4-7-24-55(46)63/h3-31,34-38H,32-33H2,1-2H3. The van der Waals surface area contributed by atoms with Crippen molar-refractivity contribution in [3.8, 4) is 22.5 Å². The van der Waals surface area contributed by atoms with Gasteiger partial charge in [0, 0.05) is 84.6 Å². The Hall–Kier alpha value is -7.24. The van der Waals surface area contributed by atoms with Crippen LogP contribution in [0.1, 0.15) is 42.7 Å². The summed E-state index contributed by atoms with van der Waals surface area (Å²) in [6.07, 6.45) is 14.0. The van der Waals surface area contributed by atoms with Gasteiger partial charge in [0.1, 0.15) is 0 Å². The van der Waals surface area contributed by atoms with Crippen LogP contribution in [0.2, 0.25) is 0 Å². The van der Waals surface area contributed by atoms with Crippen molar-refractivity contribution in [2.24, 2.45) is 5.92 Å². The number of benzene rings is 8. The number of allylic oxidation sites excluding steroid dienone is 5. The van der Waals surface area contributed by atoms with Gasteiger partial charge in [-0.25, -0.2) is 0 Å². The summed E-state index contributed by atoms with van der Waals surface area (Å²) in [6, 6.07) is 63.7. The number of rotatable bonds is 5. The summed E-state index contributed by atoms with van der Waals surface area (Å²) in [5, 5.41) is 9.20. The van der Waals surface area contributed by atoms with E-state index in [1.807, 2.05) is 22.7 Å². The van der Waals surface area contributed by atoms with Crippen molar-refractivity contribution in [1.82, 2.24) is 9.13 Å². The number of hydrogen-bond donors (Lipinski definition) is 0. The Balaban J connectivity index is 0.836. The largest absolute Gasteiger partial charge is 0.313 e. The molecule has 0 aliphatic heterocycles. The highest BCUT2D eigenvalue weighted by Gasteiger charge is 2.29. The zero-order valence-electron chi connectivity index (χ0n) is 36.8. The Morgan fingerprint density at radius 2 is 1.11 bits per heavy atom. The average Bonchev–Trinajstić information content (AvgIpc) is 4.11. The molecule has 14 rings (SSSR count). The average molecular weight is 881 g/mol. The van der Waals surface area contributed by atoms with Crippen LogP contribution in [0.5, 0.6) is 0 Å². The molecule has 2 aliphatic carbocycles. The van der Waals surface area contributed by atoms with Crippen LogP contribution in [0.4, 0.5) is 0 Å². The van der Waals surface area contributed by atoms with Gasteiger partial charge in [-0.2, -0.15) is 0 Å². The summed E-state index contributed by atoms with van der Waals surface area (Å²) < 4.78 is 10.3. The molecule has 0 amide bonds. The molecule has 0 saturated carbocycles. The lowest BCUT2D eigenvalue weighted by atomic mass is 9.74. The molecule has 12 aromatic rings. The normalized spacial score (nSPS) is 17.3. The van der Waals surface area contributed by atoms with E-state index in [1.165, 1.54) is 124 Å². The minimum Gasteiger partial charge on any atom is -0.313 e. The maximum absolute atomic E-state index is 2.54. The van der Waals surface area contributed by atoms with Crippen LogP contribution in [0, 0.1) is 5.92 Å². The lowest BCUT2D eigenvalue weighted by Crippen LogP contribution is -2.20. The van der Waals surface area contributed by atoms with E-state index in [1.54, 1.807) is 0 Å². The summed E-state index contributed by atoms with van der Waals surface area (Å²) in [6.45, 7) is 4.75. The molecule has 4 aromatic heterocycles. The van der Waals surface area contributed by atoms with Crippen LogP contribution in [-0.2, 0) is 11.8 Å². The fraction of sp³-hybridized carbons (Fsp3) is 0.0968. The lowest BCUT2D eigenvalue weighted by molar-refractivity contribution is 0.608. The van der Waals surface area contributed by atoms with Crippen LogP contribution in [0.3, 0.4) is 0 Å². The first kappa shape index (κ1) is 38.1. The van der Waals surface area contributed by atoms with Gasteiger partial charge < -0.3 is 9.13 Å². The predicted molar refractivity (Wildman–Crippen MR) is 286 cm³/mol. The van der Waals surface area contributed by atoms with Crippen LogP contribution >= 0.6 is 22.7 Å². The molecule has 0 radical (unpaired) electrons. The Labute approximate surface area is 391 Å². The highest BCUT2D eigenvalue weighted by Crippen LogP contribution is 2.47. The van der Waals surface area contributed by atoms with E-state index < -0.39 is 0 Å². The molecule has 8 aromatic carbocycles. The summed E-state index contributed by atoms with van der Waals surface area (Å²) in [7, 11) is 0. The maximum atomic E-state index is 2.54. The third-order valence-corrected chi connectivity index (χ3v) is 17.1. The first-order chi connectivity index (χ1) is 32.5. The van der Waals surface area contributed by atoms with Crippen molar-refractivity contribution in [3.05, 3.63) is 217 Å². The van der Waals surface area contributed by atoms with Crippen LogP contribution in [0.25, 0.3) is 107 Å². The van der Waals surface area contributed by atoms with Crippen LogP contribution in [-0.4, -0.2) is 9.13 Å². The van der Waals surface area contributed by atoms with Gasteiger partial charge >= 0.3 is 0 Å². The van der Waals surface area contributed by atoms with E-state index in [-0.39, 0.29) is 5.41 Å². The molecule has 0 saturated heterocycles. The highest BCUT2D eigenvalue weighted by molar-refractivity contribution is 7.26. The van der Waals surface area contributed by atoms with Crippen molar-refractivity contribution in [2.45, 2.75) is 32.1 Å². The van der Waals surface area contributed by atoms with E-state index in [2.05, 4.69) is 223 Å². The van der Waals surface area contributed by atoms with Gasteiger partial charge in [-0.3, -0.25) is 0 Å². The Bertz CT molecular complexity index is 4050. The minimum absolute atomic E-state index is 0.169. The fourth-order valence-electron chi connectivity index (χ4n) is 11.5. The van der Waals surface area contributed by atoms with Gasteiger partial charge in [0.2, 0.25) is 0 Å². The summed E-state index contributed by atoms with van der Waals surface area (Å²) in [4.78, 5) is 0. The minimum atomic E-state index is -0.169. The summed E-state index contributed by atoms with van der Waals surface area (Å²) in [5.74, 6) is 0.516. The zero-order valence-corrected chi connectivity index (χ0v) is 38.4. The predicted octanol–water partition coefficient (Wildman–Crippen LogP) is 17.6. The van der Waals surface area contributed by atoms with Gasteiger partial charge in [-0.1, -0.05) is 153 Å². The Morgan fingerprint density at radius 3 is 1.85 bits per heavy atom. The summed E-state index contributed by atoms with van der Waals surface area (Å²) in [5.41, 5.74) is 15.3. The number of fused-ring (bicyclic) bond motifs is 12. The molecule has 0 N–H and O–H groups in total. The topological polar surface area (TPSA) is 9.86 Å². The first-order valence-electron chi connectivity index (χ1n) is 23.2. The molecule has 4 heteroatoms. The molecule has 0 bridgehead atoms. The number of nitrogens with zero attached hydrogens (tertiary/aromatic N) is 2. The fourth-order valence-corrected chi connectivity index (χ4v) is 14.0. The third-order valence-electron chi connectivity index (χ3n) is 14.6. The third kappa shape index (κ3) is 5.65. The van der Waals surface area contributed by atoms with Crippen molar-refractivity contribution in [2.75, 3.05) is 0 Å². The van der Waals surface area contributed by atoms with Crippen LogP contribution < -0.4 is 0 Å². The number of thiophene rings is 2. The number of para-hydroxylation sites is 3. The quantitative estimate of drug-likeness (QED) is 0.163. The van der Waals surface area contributed by atoms with Gasteiger partial charge in [0.25, 0.3) is 0 Å². The van der Waals surface area contributed by atoms with E-state index in [9.17, 15) is 0 Å². The lowest BCUT2D eigenvalue weighted by Gasteiger charge is -2.30. The molecule has 2 atom stereocenters. The van der Waals surface area contributed by atoms with Gasteiger partial charge in [-0.05, 0) is 107 Å². The molecule has 66 heavy (non-hydrogen) atoms. The summed E-state index contributed by atoms with van der Waals surface area (Å²) >= 11 is 3.85. The number of aromatic nitrogens is 2. The van der Waals surface area contributed by atoms with Gasteiger partial charge in [0.15, 0.2) is 0 Å². The van der Waals surface area contributed by atoms with E-state index in [0.717, 1.165) is 12.8 Å². The molecule has 314 valence electrons. The molecule has 4 heterocycles. The van der Waals surface area contributed by atoms with E-state index in [0.29, 0.717) is 5.92 Å². The Kier molecular flexibility index (Phi) is 8.29. The van der Waals surface area contributed by atoms with E-state index in [4.69, 9.17) is 0 Å². The molecule has 2 unspecified atom stereocenters. The van der Waals surface area contributed by atoms with E-state index >= 15 is 0 Å². The smallest absolute Gasteiger partial charge is 0.0541 e. The molecule has 2 nitrogen and oxygen atoms in total. The van der Waals surface area contributed by atoms with Crippen LogP contribution in [0.15, 0.2) is 194 Å².